The van der Waals surface area contributed by atoms with Crippen LogP contribution in [0, 0.1) is 0 Å². The van der Waals surface area contributed by atoms with E-state index in [-0.39, 0.29) is 12.5 Å². The molecule has 356 valence electrons. The summed E-state index contributed by atoms with van der Waals surface area (Å²) in [6.45, 7) is 3.63. The topological polar surface area (TPSA) is 149 Å². The average Bonchev–Trinajstić information content (AvgIpc) is 3.26. The van der Waals surface area contributed by atoms with Gasteiger partial charge >= 0.3 is 0 Å². The van der Waals surface area contributed by atoms with Crippen molar-refractivity contribution in [3.8, 4) is 0 Å². The number of allylic oxidation sites excluding steroid dienone is 7. The molecule has 61 heavy (non-hydrogen) atoms. The van der Waals surface area contributed by atoms with Crippen molar-refractivity contribution in [3.05, 3.63) is 48.6 Å². The van der Waals surface area contributed by atoms with Crippen LogP contribution in [0.2, 0.25) is 0 Å². The lowest BCUT2D eigenvalue weighted by Gasteiger charge is -2.40. The predicted molar refractivity (Wildman–Crippen MR) is 253 cm³/mol. The smallest absolute Gasteiger partial charge is 0.220 e. The fourth-order valence-electron chi connectivity index (χ4n) is 7.80. The summed E-state index contributed by atoms with van der Waals surface area (Å²) < 4.78 is 11.1. The van der Waals surface area contributed by atoms with Crippen LogP contribution in [-0.2, 0) is 14.3 Å². The molecule has 0 radical (unpaired) electrons. The van der Waals surface area contributed by atoms with Gasteiger partial charge in [-0.05, 0) is 57.8 Å². The van der Waals surface area contributed by atoms with Gasteiger partial charge in [-0.15, -0.1) is 0 Å². The van der Waals surface area contributed by atoms with Gasteiger partial charge in [-0.1, -0.05) is 204 Å². The highest BCUT2D eigenvalue weighted by Crippen LogP contribution is 2.23. The summed E-state index contributed by atoms with van der Waals surface area (Å²) in [4.78, 5) is 12.9. The van der Waals surface area contributed by atoms with E-state index in [0.29, 0.717) is 6.42 Å². The lowest BCUT2D eigenvalue weighted by Crippen LogP contribution is -2.60. The fourth-order valence-corrected chi connectivity index (χ4v) is 7.80. The molecule has 9 nitrogen and oxygen atoms in total. The summed E-state index contributed by atoms with van der Waals surface area (Å²) in [6.07, 6.45) is 47.9. The number of unbranched alkanes of at least 4 members (excludes halogenated alkanes) is 26. The van der Waals surface area contributed by atoms with Gasteiger partial charge in [0.05, 0.1) is 25.4 Å². The van der Waals surface area contributed by atoms with Crippen molar-refractivity contribution in [1.82, 2.24) is 5.32 Å². The summed E-state index contributed by atoms with van der Waals surface area (Å²) in [5.41, 5.74) is 0. The minimum Gasteiger partial charge on any atom is -0.394 e. The Morgan fingerprint density at radius 1 is 0.557 bits per heavy atom. The van der Waals surface area contributed by atoms with Gasteiger partial charge in [0, 0.05) is 6.42 Å². The molecular formula is C52H95NO8. The highest BCUT2D eigenvalue weighted by molar-refractivity contribution is 5.76. The number of ether oxygens (including phenoxy) is 2. The van der Waals surface area contributed by atoms with E-state index in [0.717, 1.165) is 51.4 Å². The molecule has 0 aromatic rings. The number of aliphatic hydroxyl groups is 5. The first-order valence-corrected chi connectivity index (χ1v) is 25.4. The average molecular weight is 862 g/mol. The van der Waals surface area contributed by atoms with Gasteiger partial charge < -0.3 is 40.3 Å². The minimum atomic E-state index is -1.57. The molecule has 7 unspecified atom stereocenters. The van der Waals surface area contributed by atoms with Crippen molar-refractivity contribution in [2.24, 2.45) is 0 Å². The number of carbonyl (C=O) groups excluding carboxylic acids is 1. The molecule has 1 rings (SSSR count). The Morgan fingerprint density at radius 3 is 1.52 bits per heavy atom. The second-order valence-electron chi connectivity index (χ2n) is 17.6. The Bertz CT molecular complexity index is 1090. The van der Waals surface area contributed by atoms with Gasteiger partial charge in [0.15, 0.2) is 6.29 Å². The maximum absolute atomic E-state index is 12.9. The van der Waals surface area contributed by atoms with Crippen molar-refractivity contribution in [2.75, 3.05) is 13.2 Å². The number of hydrogen-bond acceptors (Lipinski definition) is 8. The summed E-state index contributed by atoms with van der Waals surface area (Å²) >= 11 is 0. The molecule has 1 amide bonds. The van der Waals surface area contributed by atoms with Crippen LogP contribution in [0.4, 0.5) is 0 Å². The van der Waals surface area contributed by atoms with E-state index < -0.39 is 49.5 Å². The van der Waals surface area contributed by atoms with Crippen LogP contribution >= 0.6 is 0 Å². The number of rotatable bonds is 42. The molecule has 1 aliphatic heterocycles. The summed E-state index contributed by atoms with van der Waals surface area (Å²) in [6, 6.07) is -0.817. The standard InChI is InChI=1S/C52H95NO8/c1-3-5-7-9-11-12-13-14-15-16-17-18-19-20-21-22-23-24-25-26-27-28-29-30-31-32-33-34-36-38-40-42-48(56)53-45(46(55)41-39-37-35-10-8-6-4-2)44-60-52-51(59)50(58)49(57)47(43-54)61-52/h8,10,13-14,16-17,39,41,45-47,49-52,54-55,57-59H,3-7,9,11-12,15,18-38,40,42-44H2,1-2H3,(H,53,56)/b10-8+,14-13-,17-16-,41-39+. The van der Waals surface area contributed by atoms with E-state index in [9.17, 15) is 30.3 Å². The molecule has 0 aromatic carbocycles. The molecule has 0 aromatic heterocycles. The molecule has 1 saturated heterocycles. The quantitative estimate of drug-likeness (QED) is 0.0262. The van der Waals surface area contributed by atoms with Gasteiger partial charge in [0.25, 0.3) is 0 Å². The van der Waals surface area contributed by atoms with E-state index in [4.69, 9.17) is 9.47 Å². The number of aliphatic hydroxyl groups excluding tert-OH is 5. The first-order chi connectivity index (χ1) is 29.8. The van der Waals surface area contributed by atoms with E-state index in [1.165, 1.54) is 148 Å². The molecule has 7 atom stereocenters. The van der Waals surface area contributed by atoms with E-state index >= 15 is 0 Å². The third-order valence-electron chi connectivity index (χ3n) is 11.9. The molecule has 0 spiro atoms. The van der Waals surface area contributed by atoms with Crippen LogP contribution in [0.25, 0.3) is 0 Å². The zero-order valence-corrected chi connectivity index (χ0v) is 39.2. The molecule has 1 aliphatic rings. The SMILES string of the molecule is CCC/C=C/CC/C=C/C(O)C(COC1OC(CO)C(O)C(O)C1O)NC(=O)CCCCCCCCCCCCCCCCCCCCC/C=C\C/C=C\CCCCCCC. The van der Waals surface area contributed by atoms with Gasteiger partial charge in [0.2, 0.25) is 5.91 Å². The van der Waals surface area contributed by atoms with Crippen LogP contribution < -0.4 is 5.32 Å². The molecule has 0 saturated carbocycles. The molecule has 9 heteroatoms. The number of hydrogen-bond donors (Lipinski definition) is 6. The van der Waals surface area contributed by atoms with E-state index in [1.807, 2.05) is 6.08 Å². The van der Waals surface area contributed by atoms with Crippen molar-refractivity contribution in [3.63, 3.8) is 0 Å². The fraction of sp³-hybridized carbons (Fsp3) is 0.827. The van der Waals surface area contributed by atoms with Crippen molar-refractivity contribution in [2.45, 2.75) is 262 Å². The molecule has 0 aliphatic carbocycles. The van der Waals surface area contributed by atoms with Crippen molar-refractivity contribution >= 4 is 5.91 Å². The lowest BCUT2D eigenvalue weighted by atomic mass is 9.99. The molecule has 0 bridgehead atoms. The first-order valence-electron chi connectivity index (χ1n) is 25.4. The van der Waals surface area contributed by atoms with Crippen molar-refractivity contribution < 1.29 is 39.8 Å². The van der Waals surface area contributed by atoms with E-state index in [2.05, 4.69) is 55.6 Å². The van der Waals surface area contributed by atoms with Gasteiger partial charge in [-0.25, -0.2) is 0 Å². The van der Waals surface area contributed by atoms with Gasteiger partial charge in [-0.3, -0.25) is 4.79 Å². The monoisotopic (exact) mass is 862 g/mol. The van der Waals surface area contributed by atoms with Crippen LogP contribution in [0.1, 0.15) is 219 Å². The summed E-state index contributed by atoms with van der Waals surface area (Å²) in [5.74, 6) is -0.191. The highest BCUT2D eigenvalue weighted by atomic mass is 16.7. The Labute approximate surface area is 373 Å². The lowest BCUT2D eigenvalue weighted by molar-refractivity contribution is -0.302. The molecule has 1 fully saturated rings. The zero-order valence-electron chi connectivity index (χ0n) is 39.2. The van der Waals surface area contributed by atoms with Crippen LogP contribution in [0.5, 0.6) is 0 Å². The largest absolute Gasteiger partial charge is 0.394 e. The summed E-state index contributed by atoms with van der Waals surface area (Å²) in [7, 11) is 0. The first kappa shape index (κ1) is 57.2. The Hall–Kier alpha value is -1.85. The Balaban J connectivity index is 2.07. The normalized spacial score (nSPS) is 20.8. The molecular weight excluding hydrogens is 767 g/mol. The minimum absolute atomic E-state index is 0.191. The number of carbonyl (C=O) groups is 1. The van der Waals surface area contributed by atoms with Crippen LogP contribution in [0.15, 0.2) is 48.6 Å². The maximum Gasteiger partial charge on any atom is 0.220 e. The van der Waals surface area contributed by atoms with E-state index in [1.54, 1.807) is 6.08 Å². The second-order valence-corrected chi connectivity index (χ2v) is 17.6. The third kappa shape index (κ3) is 32.5. The number of nitrogens with one attached hydrogen (secondary N) is 1. The third-order valence-corrected chi connectivity index (χ3v) is 11.9. The van der Waals surface area contributed by atoms with Crippen molar-refractivity contribution in [1.29, 1.82) is 0 Å². The van der Waals surface area contributed by atoms with Crippen LogP contribution in [0.3, 0.4) is 0 Å². The van der Waals surface area contributed by atoms with Gasteiger partial charge in [0.1, 0.15) is 24.4 Å². The summed E-state index contributed by atoms with van der Waals surface area (Å²) in [5, 5.41) is 53.9. The predicted octanol–water partition coefficient (Wildman–Crippen LogP) is 11.4. The Kier molecular flexibility index (Phi) is 39.5. The zero-order chi connectivity index (χ0) is 44.4. The Morgan fingerprint density at radius 2 is 1.02 bits per heavy atom. The molecule has 1 heterocycles. The van der Waals surface area contributed by atoms with Gasteiger partial charge in [-0.2, -0.15) is 0 Å². The number of amides is 1. The van der Waals surface area contributed by atoms with Crippen LogP contribution in [-0.4, -0.2) is 87.5 Å². The molecule has 6 N–H and O–H groups in total. The highest BCUT2D eigenvalue weighted by Gasteiger charge is 2.44. The second kappa shape index (κ2) is 42.1. The maximum atomic E-state index is 12.9.